The topological polar surface area (TPSA) is 59.1 Å². The van der Waals surface area contributed by atoms with Crippen molar-refractivity contribution in [3.63, 3.8) is 0 Å². The fourth-order valence-electron chi connectivity index (χ4n) is 3.25. The van der Waals surface area contributed by atoms with E-state index in [0.717, 1.165) is 25.8 Å². The monoisotopic (exact) mass is 347 g/mol. The average Bonchev–Trinajstić information content (AvgIpc) is 3.40. The number of aliphatic hydroxyl groups is 1. The maximum absolute atomic E-state index is 9.59. The van der Waals surface area contributed by atoms with Gasteiger partial charge in [0.2, 0.25) is 0 Å². The van der Waals surface area contributed by atoms with E-state index >= 15 is 0 Å². The molecule has 0 spiro atoms. The van der Waals surface area contributed by atoms with Crippen molar-refractivity contribution in [3.05, 3.63) is 40.7 Å². The summed E-state index contributed by atoms with van der Waals surface area (Å²) in [5.74, 6) is 0.676. The first-order valence-corrected chi connectivity index (χ1v) is 9.03. The molecule has 1 aliphatic carbocycles. The largest absolute Gasteiger partial charge is 0.388 e. The lowest BCUT2D eigenvalue weighted by atomic mass is 10.0. The van der Waals surface area contributed by atoms with Crippen LogP contribution in [0, 0.1) is 4.77 Å². The minimum Gasteiger partial charge on any atom is -0.388 e. The molecule has 0 amide bonds. The fourth-order valence-corrected chi connectivity index (χ4v) is 3.60. The van der Waals surface area contributed by atoms with Gasteiger partial charge in [-0.1, -0.05) is 13.8 Å². The van der Waals surface area contributed by atoms with Crippen LogP contribution < -0.4 is 0 Å². The van der Waals surface area contributed by atoms with Crippen molar-refractivity contribution in [1.82, 2.24) is 24.2 Å². The maximum Gasteiger partial charge on any atom is 0.199 e. The SMILES string of the molecule is CCC(c1ccncc1)N(CC)Cn1nc(CO)n(C2CC2)c1=S. The molecule has 2 aromatic rings. The number of rotatable bonds is 8. The summed E-state index contributed by atoms with van der Waals surface area (Å²) >= 11 is 5.62. The molecule has 24 heavy (non-hydrogen) atoms. The quantitative estimate of drug-likeness (QED) is 0.744. The van der Waals surface area contributed by atoms with Crippen LogP contribution in [0.4, 0.5) is 0 Å². The van der Waals surface area contributed by atoms with Crippen molar-refractivity contribution >= 4 is 12.2 Å². The number of aromatic nitrogens is 4. The van der Waals surface area contributed by atoms with Crippen molar-refractivity contribution in [1.29, 1.82) is 0 Å². The van der Waals surface area contributed by atoms with Crippen LogP contribution in [0.1, 0.15) is 56.6 Å². The predicted octanol–water partition coefficient (Wildman–Crippen LogP) is 3.07. The Balaban J connectivity index is 1.86. The van der Waals surface area contributed by atoms with Gasteiger partial charge >= 0.3 is 0 Å². The zero-order chi connectivity index (χ0) is 17.1. The summed E-state index contributed by atoms with van der Waals surface area (Å²) in [4.78, 5) is 6.47. The molecule has 1 fully saturated rings. The Labute approximate surface area is 147 Å². The van der Waals surface area contributed by atoms with Gasteiger partial charge in [-0.2, -0.15) is 5.10 Å². The summed E-state index contributed by atoms with van der Waals surface area (Å²) in [5.41, 5.74) is 1.25. The Morgan fingerprint density at radius 1 is 1.33 bits per heavy atom. The molecule has 0 aromatic carbocycles. The average molecular weight is 347 g/mol. The van der Waals surface area contributed by atoms with Crippen molar-refractivity contribution in [2.75, 3.05) is 6.54 Å². The Bertz CT molecular complexity index is 722. The highest BCUT2D eigenvalue weighted by atomic mass is 32.1. The highest BCUT2D eigenvalue weighted by molar-refractivity contribution is 7.71. The number of aliphatic hydroxyl groups excluding tert-OH is 1. The van der Waals surface area contributed by atoms with Crippen LogP contribution in [-0.4, -0.2) is 35.9 Å². The molecule has 1 saturated carbocycles. The van der Waals surface area contributed by atoms with E-state index in [0.29, 0.717) is 29.3 Å². The minimum atomic E-state index is -0.0686. The van der Waals surface area contributed by atoms with Crippen LogP contribution in [0.25, 0.3) is 0 Å². The molecule has 6 nitrogen and oxygen atoms in total. The van der Waals surface area contributed by atoms with Crippen LogP contribution in [0.3, 0.4) is 0 Å². The molecule has 1 atom stereocenters. The Hall–Kier alpha value is -1.57. The number of hydrogen-bond acceptors (Lipinski definition) is 5. The van der Waals surface area contributed by atoms with Gasteiger partial charge in [-0.15, -0.1) is 0 Å². The van der Waals surface area contributed by atoms with E-state index < -0.39 is 0 Å². The fraction of sp³-hybridized carbons (Fsp3) is 0.588. The molecule has 130 valence electrons. The molecule has 0 bridgehead atoms. The van der Waals surface area contributed by atoms with Gasteiger partial charge in [0.25, 0.3) is 0 Å². The van der Waals surface area contributed by atoms with Gasteiger partial charge in [0.05, 0.1) is 6.67 Å². The second kappa shape index (κ2) is 7.55. The van der Waals surface area contributed by atoms with Crippen molar-refractivity contribution in [2.24, 2.45) is 0 Å². The second-order valence-electron chi connectivity index (χ2n) is 6.21. The third-order valence-corrected chi connectivity index (χ3v) is 5.04. The number of nitrogens with zero attached hydrogens (tertiary/aromatic N) is 5. The van der Waals surface area contributed by atoms with Crippen LogP contribution >= 0.6 is 12.2 Å². The van der Waals surface area contributed by atoms with Gasteiger partial charge in [-0.3, -0.25) is 14.5 Å². The van der Waals surface area contributed by atoms with Gasteiger partial charge < -0.3 is 5.11 Å². The van der Waals surface area contributed by atoms with Gasteiger partial charge in [0.1, 0.15) is 6.61 Å². The lowest BCUT2D eigenvalue weighted by Gasteiger charge is -2.30. The molecule has 3 rings (SSSR count). The molecule has 0 radical (unpaired) electrons. The van der Waals surface area contributed by atoms with Crippen molar-refractivity contribution in [2.45, 2.75) is 58.5 Å². The Morgan fingerprint density at radius 3 is 2.58 bits per heavy atom. The standard InChI is InChI=1S/C17H25N5OS/c1-3-15(13-7-9-18-10-8-13)20(4-2)12-21-17(24)22(14-5-6-14)16(11-23)19-21/h7-10,14-15,23H,3-6,11-12H2,1-2H3. The van der Waals surface area contributed by atoms with E-state index in [1.54, 1.807) is 0 Å². The zero-order valence-electron chi connectivity index (χ0n) is 14.3. The number of hydrogen-bond donors (Lipinski definition) is 1. The molecular formula is C17H25N5OS. The summed E-state index contributed by atoms with van der Waals surface area (Å²) < 4.78 is 4.59. The minimum absolute atomic E-state index is 0.0686. The number of pyridine rings is 1. The maximum atomic E-state index is 9.59. The smallest absolute Gasteiger partial charge is 0.199 e. The highest BCUT2D eigenvalue weighted by Gasteiger charge is 2.29. The highest BCUT2D eigenvalue weighted by Crippen LogP contribution is 2.36. The van der Waals surface area contributed by atoms with Gasteiger partial charge in [-0.05, 0) is 55.7 Å². The third-order valence-electron chi connectivity index (χ3n) is 4.63. The van der Waals surface area contributed by atoms with Gasteiger partial charge in [-0.25, -0.2) is 4.68 Å². The molecule has 0 saturated heterocycles. The van der Waals surface area contributed by atoms with Crippen LogP contribution in [0.2, 0.25) is 0 Å². The second-order valence-corrected chi connectivity index (χ2v) is 6.57. The lowest BCUT2D eigenvalue weighted by Crippen LogP contribution is -2.31. The first kappa shape index (κ1) is 17.3. The van der Waals surface area contributed by atoms with Gasteiger partial charge in [0, 0.05) is 24.5 Å². The summed E-state index contributed by atoms with van der Waals surface area (Å²) in [5, 5.41) is 14.2. The summed E-state index contributed by atoms with van der Waals surface area (Å²) in [7, 11) is 0. The summed E-state index contributed by atoms with van der Waals surface area (Å²) in [6.07, 6.45) is 6.92. The molecule has 2 heterocycles. The zero-order valence-corrected chi connectivity index (χ0v) is 15.1. The van der Waals surface area contributed by atoms with Crippen LogP contribution in [0.5, 0.6) is 0 Å². The van der Waals surface area contributed by atoms with E-state index in [2.05, 4.69) is 41.0 Å². The van der Waals surface area contributed by atoms with Crippen LogP contribution in [-0.2, 0) is 13.3 Å². The first-order chi connectivity index (χ1) is 11.7. The summed E-state index contributed by atoms with van der Waals surface area (Å²) in [6, 6.07) is 4.85. The Morgan fingerprint density at radius 2 is 2.04 bits per heavy atom. The molecular weight excluding hydrogens is 322 g/mol. The summed E-state index contributed by atoms with van der Waals surface area (Å²) in [6.45, 7) is 5.80. The molecule has 1 N–H and O–H groups in total. The predicted molar refractivity (Wildman–Crippen MR) is 94.9 cm³/mol. The van der Waals surface area contributed by atoms with E-state index in [4.69, 9.17) is 12.2 Å². The molecule has 1 aliphatic rings. The van der Waals surface area contributed by atoms with E-state index in [1.165, 1.54) is 5.56 Å². The van der Waals surface area contributed by atoms with Crippen LogP contribution in [0.15, 0.2) is 24.5 Å². The van der Waals surface area contributed by atoms with E-state index in [1.807, 2.05) is 21.6 Å². The van der Waals surface area contributed by atoms with Crippen molar-refractivity contribution < 1.29 is 5.11 Å². The Kier molecular flexibility index (Phi) is 5.43. The first-order valence-electron chi connectivity index (χ1n) is 8.62. The molecule has 1 unspecified atom stereocenters. The van der Waals surface area contributed by atoms with Crippen molar-refractivity contribution in [3.8, 4) is 0 Å². The molecule has 2 aromatic heterocycles. The third kappa shape index (κ3) is 3.43. The normalized spacial score (nSPS) is 15.8. The van der Waals surface area contributed by atoms with E-state index in [9.17, 15) is 5.11 Å². The molecule has 7 heteroatoms. The lowest BCUT2D eigenvalue weighted by molar-refractivity contribution is 0.145. The molecule has 0 aliphatic heterocycles. The van der Waals surface area contributed by atoms with E-state index in [-0.39, 0.29) is 6.61 Å². The van der Waals surface area contributed by atoms with Gasteiger partial charge in [0.15, 0.2) is 10.6 Å².